The first-order valence-electron chi connectivity index (χ1n) is 5.71. The predicted molar refractivity (Wildman–Crippen MR) is 65.7 cm³/mol. The molecule has 0 spiro atoms. The normalized spacial score (nSPS) is 16.8. The third-order valence-corrected chi connectivity index (χ3v) is 2.88. The molecule has 0 bridgehead atoms. The predicted octanol–water partition coefficient (Wildman–Crippen LogP) is -0.428. The molecule has 1 aliphatic heterocycles. The highest BCUT2D eigenvalue weighted by molar-refractivity contribution is 5.39. The van der Waals surface area contributed by atoms with Crippen molar-refractivity contribution in [3.63, 3.8) is 0 Å². The summed E-state index contributed by atoms with van der Waals surface area (Å²) in [6.45, 7) is 4.65. The molecule has 1 saturated heterocycles. The van der Waals surface area contributed by atoms with E-state index in [9.17, 15) is 0 Å². The monoisotopic (exact) mass is 232 g/mol. The Labute approximate surface area is 101 Å². The maximum absolute atomic E-state index is 8.87. The van der Waals surface area contributed by atoms with Crippen LogP contribution in [0.15, 0.2) is 12.3 Å². The second-order valence-corrected chi connectivity index (χ2v) is 3.94. The van der Waals surface area contributed by atoms with Crippen LogP contribution in [0.5, 0.6) is 0 Å². The van der Waals surface area contributed by atoms with E-state index in [2.05, 4.69) is 25.7 Å². The van der Waals surface area contributed by atoms with Gasteiger partial charge in [-0.3, -0.25) is 4.90 Å². The van der Waals surface area contributed by atoms with E-state index in [4.69, 9.17) is 11.5 Å². The highest BCUT2D eigenvalue weighted by Gasteiger charge is 2.17. The second kappa shape index (κ2) is 5.62. The maximum Gasteiger partial charge on any atom is 0.206 e. The first-order valence-corrected chi connectivity index (χ1v) is 5.71. The number of aromatic nitrogens is 2. The second-order valence-electron chi connectivity index (χ2n) is 3.94. The van der Waals surface area contributed by atoms with Gasteiger partial charge in [-0.25, -0.2) is 9.97 Å². The first-order chi connectivity index (χ1) is 8.33. The molecule has 0 atom stereocenters. The molecule has 1 fully saturated rings. The molecular weight excluding hydrogens is 216 g/mol. The molecule has 0 radical (unpaired) electrons. The van der Waals surface area contributed by atoms with Crippen molar-refractivity contribution in [2.45, 2.75) is 0 Å². The van der Waals surface area contributed by atoms with Crippen molar-refractivity contribution in [2.75, 3.05) is 44.2 Å². The molecule has 2 heterocycles. The van der Waals surface area contributed by atoms with Crippen LogP contribution in [0.2, 0.25) is 0 Å². The Morgan fingerprint density at radius 3 is 2.76 bits per heavy atom. The summed E-state index contributed by atoms with van der Waals surface area (Å²) in [5.41, 5.74) is 0. The van der Waals surface area contributed by atoms with E-state index in [0.29, 0.717) is 5.82 Å². The molecule has 0 unspecified atom stereocenters. The lowest BCUT2D eigenvalue weighted by Gasteiger charge is -2.34. The average molecular weight is 232 g/mol. The van der Waals surface area contributed by atoms with Crippen LogP contribution in [0.1, 0.15) is 5.82 Å². The van der Waals surface area contributed by atoms with Gasteiger partial charge in [-0.2, -0.15) is 0 Å². The minimum Gasteiger partial charge on any atom is -0.395 e. The molecule has 1 aromatic heterocycles. The summed E-state index contributed by atoms with van der Waals surface area (Å²) >= 11 is 0. The van der Waals surface area contributed by atoms with E-state index < -0.39 is 0 Å². The molecular formula is C12H16N4O. The molecule has 0 aromatic carbocycles. The fourth-order valence-corrected chi connectivity index (χ4v) is 1.94. The molecule has 17 heavy (non-hydrogen) atoms. The van der Waals surface area contributed by atoms with Gasteiger partial charge in [0.25, 0.3) is 0 Å². The quantitative estimate of drug-likeness (QED) is 0.717. The Balaban J connectivity index is 1.98. The lowest BCUT2D eigenvalue weighted by Crippen LogP contribution is -2.47. The van der Waals surface area contributed by atoms with E-state index in [1.807, 2.05) is 6.07 Å². The zero-order chi connectivity index (χ0) is 12.1. The van der Waals surface area contributed by atoms with E-state index in [1.165, 1.54) is 0 Å². The first kappa shape index (κ1) is 11.8. The van der Waals surface area contributed by atoms with Crippen LogP contribution in [-0.2, 0) is 0 Å². The summed E-state index contributed by atoms with van der Waals surface area (Å²) in [7, 11) is 0. The van der Waals surface area contributed by atoms with Crippen LogP contribution >= 0.6 is 0 Å². The Bertz CT molecular complexity index is 407. The number of piperazine rings is 1. The lowest BCUT2D eigenvalue weighted by atomic mass is 10.3. The SMILES string of the molecule is C#Cc1nccc(N2CCN(CCO)CC2)n1. The minimum atomic E-state index is 0.217. The number of anilines is 1. The van der Waals surface area contributed by atoms with Gasteiger partial charge in [-0.1, -0.05) is 0 Å². The van der Waals surface area contributed by atoms with Crippen LogP contribution in [0.3, 0.4) is 0 Å². The molecule has 5 nitrogen and oxygen atoms in total. The zero-order valence-electron chi connectivity index (χ0n) is 9.71. The summed E-state index contributed by atoms with van der Waals surface area (Å²) in [6.07, 6.45) is 6.97. The molecule has 0 saturated carbocycles. The largest absolute Gasteiger partial charge is 0.395 e. The number of hydrogen-bond donors (Lipinski definition) is 1. The standard InChI is InChI=1S/C12H16N4O/c1-2-11-13-4-3-12(14-11)16-7-5-15(6-8-16)9-10-17/h1,3-4,17H,5-10H2. The van der Waals surface area contributed by atoms with Crippen molar-refractivity contribution in [1.82, 2.24) is 14.9 Å². The number of aliphatic hydroxyl groups is 1. The van der Waals surface area contributed by atoms with Crippen molar-refractivity contribution < 1.29 is 5.11 Å². The van der Waals surface area contributed by atoms with E-state index >= 15 is 0 Å². The van der Waals surface area contributed by atoms with Gasteiger partial charge in [-0.05, 0) is 12.0 Å². The number of rotatable bonds is 3. The van der Waals surface area contributed by atoms with Crippen molar-refractivity contribution in [1.29, 1.82) is 0 Å². The highest BCUT2D eigenvalue weighted by Crippen LogP contribution is 2.12. The fourth-order valence-electron chi connectivity index (χ4n) is 1.94. The number of terminal acetylenes is 1. The Hall–Kier alpha value is -1.64. The van der Waals surface area contributed by atoms with Crippen LogP contribution in [-0.4, -0.2) is 59.3 Å². The Morgan fingerprint density at radius 1 is 1.35 bits per heavy atom. The zero-order valence-corrected chi connectivity index (χ0v) is 9.71. The summed E-state index contributed by atoms with van der Waals surface area (Å²) in [6, 6.07) is 1.88. The van der Waals surface area contributed by atoms with Gasteiger partial charge in [0.1, 0.15) is 5.82 Å². The van der Waals surface area contributed by atoms with Crippen LogP contribution in [0.25, 0.3) is 0 Å². The van der Waals surface area contributed by atoms with Crippen molar-refractivity contribution in [3.05, 3.63) is 18.1 Å². The minimum absolute atomic E-state index is 0.217. The van der Waals surface area contributed by atoms with Crippen molar-refractivity contribution >= 4 is 5.82 Å². The molecule has 2 rings (SSSR count). The molecule has 1 N–H and O–H groups in total. The molecule has 0 aliphatic carbocycles. The number of hydrogen-bond acceptors (Lipinski definition) is 5. The average Bonchev–Trinajstić information content (AvgIpc) is 2.40. The number of β-amino-alcohol motifs (C(OH)–C–C–N with tert-alkyl or cyclic N) is 1. The van der Waals surface area contributed by atoms with Crippen molar-refractivity contribution in [2.24, 2.45) is 0 Å². The van der Waals surface area contributed by atoms with Crippen LogP contribution in [0, 0.1) is 12.3 Å². The lowest BCUT2D eigenvalue weighted by molar-refractivity contribution is 0.188. The third-order valence-electron chi connectivity index (χ3n) is 2.88. The number of nitrogens with zero attached hydrogens (tertiary/aromatic N) is 4. The highest BCUT2D eigenvalue weighted by atomic mass is 16.3. The molecule has 90 valence electrons. The summed E-state index contributed by atoms with van der Waals surface area (Å²) in [4.78, 5) is 12.7. The van der Waals surface area contributed by atoms with E-state index in [1.54, 1.807) is 6.20 Å². The van der Waals surface area contributed by atoms with E-state index in [0.717, 1.165) is 38.5 Å². The molecule has 1 aromatic rings. The maximum atomic E-state index is 8.87. The van der Waals surface area contributed by atoms with Gasteiger partial charge in [0.2, 0.25) is 5.82 Å². The Morgan fingerprint density at radius 2 is 2.12 bits per heavy atom. The fraction of sp³-hybridized carbons (Fsp3) is 0.500. The van der Waals surface area contributed by atoms with Crippen molar-refractivity contribution in [3.8, 4) is 12.3 Å². The van der Waals surface area contributed by atoms with Gasteiger partial charge in [0, 0.05) is 38.9 Å². The third kappa shape index (κ3) is 2.93. The smallest absolute Gasteiger partial charge is 0.206 e. The molecule has 0 amide bonds. The van der Waals surface area contributed by atoms with E-state index in [-0.39, 0.29) is 6.61 Å². The number of aliphatic hydroxyl groups excluding tert-OH is 1. The van der Waals surface area contributed by atoms with Crippen LogP contribution < -0.4 is 4.90 Å². The van der Waals surface area contributed by atoms with Crippen LogP contribution in [0.4, 0.5) is 5.82 Å². The van der Waals surface area contributed by atoms with Gasteiger partial charge >= 0.3 is 0 Å². The topological polar surface area (TPSA) is 52.5 Å². The van der Waals surface area contributed by atoms with Gasteiger partial charge in [0.05, 0.1) is 6.61 Å². The Kier molecular flexibility index (Phi) is 3.91. The summed E-state index contributed by atoms with van der Waals surface area (Å²) in [5.74, 6) is 3.76. The van der Waals surface area contributed by atoms with Gasteiger partial charge in [0.15, 0.2) is 0 Å². The van der Waals surface area contributed by atoms with Gasteiger partial charge in [-0.15, -0.1) is 6.42 Å². The summed E-state index contributed by atoms with van der Waals surface area (Å²) < 4.78 is 0. The summed E-state index contributed by atoms with van der Waals surface area (Å²) in [5, 5.41) is 8.87. The molecule has 5 heteroatoms. The molecule has 1 aliphatic rings. The van der Waals surface area contributed by atoms with Gasteiger partial charge < -0.3 is 10.0 Å².